The maximum Gasteiger partial charge on any atom is 0.242 e. The van der Waals surface area contributed by atoms with E-state index in [0.717, 1.165) is 68.9 Å². The summed E-state index contributed by atoms with van der Waals surface area (Å²) in [5.74, 6) is 0.790. The minimum absolute atomic E-state index is 0.0171. The topological polar surface area (TPSA) is 91.1 Å². The molecule has 3 aromatic carbocycles. The van der Waals surface area contributed by atoms with Gasteiger partial charge in [-0.05, 0) is 56.3 Å². The fourth-order valence-electron chi connectivity index (χ4n) is 6.51. The summed E-state index contributed by atoms with van der Waals surface area (Å²) in [6, 6.07) is 28.5. The Morgan fingerprint density at radius 3 is 2.07 bits per heavy atom. The van der Waals surface area contributed by atoms with Crippen molar-refractivity contribution in [2.75, 3.05) is 52.9 Å². The average Bonchev–Trinajstić information content (AvgIpc) is 3.09. The Bertz CT molecular complexity index is 1290. The molecule has 46 heavy (non-hydrogen) atoms. The number of hydrogen-bond donors (Lipinski definition) is 2. The normalized spacial score (nSPS) is 15.3. The van der Waals surface area contributed by atoms with Gasteiger partial charge in [0.25, 0.3) is 0 Å². The lowest BCUT2D eigenvalue weighted by atomic mass is 9.91. The van der Waals surface area contributed by atoms with Crippen LogP contribution in [0.5, 0.6) is 5.75 Å². The number of carbonyl (C=O) groups excluding carboxylic acids is 2. The molecule has 2 atom stereocenters. The first-order valence-corrected chi connectivity index (χ1v) is 16.8. The quantitative estimate of drug-likeness (QED) is 0.207. The second-order valence-electron chi connectivity index (χ2n) is 12.4. The van der Waals surface area contributed by atoms with E-state index in [-0.39, 0.29) is 17.7 Å². The molecule has 4 rings (SSSR count). The van der Waals surface area contributed by atoms with E-state index in [1.165, 1.54) is 5.56 Å². The molecule has 3 N–H and O–H groups in total. The van der Waals surface area contributed by atoms with E-state index in [2.05, 4.69) is 58.4 Å². The first-order chi connectivity index (χ1) is 22.4. The molecule has 8 nitrogen and oxygen atoms in total. The zero-order valence-electron chi connectivity index (χ0n) is 27.9. The van der Waals surface area contributed by atoms with Crippen molar-refractivity contribution in [2.24, 2.45) is 5.73 Å². The van der Waals surface area contributed by atoms with Crippen molar-refractivity contribution in [1.29, 1.82) is 0 Å². The number of para-hydroxylation sites is 1. The van der Waals surface area contributed by atoms with Gasteiger partial charge in [0.15, 0.2) is 0 Å². The van der Waals surface area contributed by atoms with Crippen molar-refractivity contribution in [1.82, 2.24) is 20.0 Å². The number of piperazine rings is 1. The van der Waals surface area contributed by atoms with Crippen LogP contribution in [-0.2, 0) is 16.1 Å². The minimum Gasteiger partial charge on any atom is -0.496 e. The van der Waals surface area contributed by atoms with Crippen LogP contribution in [-0.4, -0.2) is 91.5 Å². The van der Waals surface area contributed by atoms with Crippen molar-refractivity contribution in [3.8, 4) is 5.75 Å². The van der Waals surface area contributed by atoms with E-state index >= 15 is 0 Å². The number of nitrogens with zero attached hydrogens (tertiary/aromatic N) is 3. The predicted molar refractivity (Wildman–Crippen MR) is 186 cm³/mol. The molecule has 0 saturated carbocycles. The van der Waals surface area contributed by atoms with Gasteiger partial charge < -0.3 is 20.7 Å². The van der Waals surface area contributed by atoms with Crippen molar-refractivity contribution < 1.29 is 14.3 Å². The van der Waals surface area contributed by atoms with Crippen LogP contribution < -0.4 is 15.8 Å². The molecule has 1 unspecified atom stereocenters. The standard InChI is InChI=1S/C38H53N5O3/c1-30(42-26-24-41(25-27-42)29-34-18-10-11-20-37(34)46-3)21-23-43(31(2)44)36(19-12-13-22-39)38(45)40-28-35(32-14-6-4-7-15-32)33-16-8-5-9-17-33/h4-11,14-18,20,30,35-36H,12-13,19,21-29,39H2,1-3H3,(H,40,45)/t30?,36-/m1/s1. The van der Waals surface area contributed by atoms with E-state index in [1.54, 1.807) is 18.9 Å². The average molecular weight is 628 g/mol. The summed E-state index contributed by atoms with van der Waals surface area (Å²) in [5.41, 5.74) is 9.31. The van der Waals surface area contributed by atoms with E-state index in [4.69, 9.17) is 10.5 Å². The number of amides is 2. The molecule has 0 aliphatic carbocycles. The molecule has 1 aliphatic heterocycles. The van der Waals surface area contributed by atoms with Gasteiger partial charge in [0.1, 0.15) is 11.8 Å². The summed E-state index contributed by atoms with van der Waals surface area (Å²) < 4.78 is 5.55. The molecule has 1 heterocycles. The molecule has 2 amide bonds. The van der Waals surface area contributed by atoms with Gasteiger partial charge in [-0.1, -0.05) is 78.9 Å². The largest absolute Gasteiger partial charge is 0.496 e. The molecule has 0 spiro atoms. The monoisotopic (exact) mass is 627 g/mol. The molecule has 1 aliphatic rings. The van der Waals surface area contributed by atoms with Gasteiger partial charge >= 0.3 is 0 Å². The summed E-state index contributed by atoms with van der Waals surface area (Å²) in [6.07, 6.45) is 3.02. The van der Waals surface area contributed by atoms with Gasteiger partial charge in [-0.2, -0.15) is 0 Å². The van der Waals surface area contributed by atoms with Gasteiger partial charge in [0.2, 0.25) is 11.8 Å². The molecule has 248 valence electrons. The maximum absolute atomic E-state index is 13.9. The van der Waals surface area contributed by atoms with Gasteiger partial charge in [-0.15, -0.1) is 0 Å². The van der Waals surface area contributed by atoms with Crippen molar-refractivity contribution in [2.45, 2.75) is 64.1 Å². The SMILES string of the molecule is COc1ccccc1CN1CCN(C(C)CCN(C(C)=O)[C@H](CCCCN)C(=O)NCC(c2ccccc2)c2ccccc2)CC1. The van der Waals surface area contributed by atoms with Crippen molar-refractivity contribution >= 4 is 11.8 Å². The van der Waals surface area contributed by atoms with Crippen LogP contribution in [0.4, 0.5) is 0 Å². The first-order valence-electron chi connectivity index (χ1n) is 16.8. The first kappa shape index (κ1) is 35.1. The van der Waals surface area contributed by atoms with E-state index < -0.39 is 6.04 Å². The number of nitrogens with one attached hydrogen (secondary N) is 1. The summed E-state index contributed by atoms with van der Waals surface area (Å²) >= 11 is 0. The van der Waals surface area contributed by atoms with Crippen LogP contribution in [0.1, 0.15) is 62.1 Å². The third-order valence-electron chi connectivity index (χ3n) is 9.30. The predicted octanol–water partition coefficient (Wildman–Crippen LogP) is 4.89. The molecular formula is C38H53N5O3. The number of hydrogen-bond acceptors (Lipinski definition) is 6. The number of nitrogens with two attached hydrogens (primary N) is 1. The lowest BCUT2D eigenvalue weighted by Gasteiger charge is -2.39. The van der Waals surface area contributed by atoms with Crippen molar-refractivity contribution in [3.05, 3.63) is 102 Å². The van der Waals surface area contributed by atoms with Crippen LogP contribution in [0.2, 0.25) is 0 Å². The Morgan fingerprint density at radius 1 is 0.870 bits per heavy atom. The number of rotatable bonds is 17. The summed E-state index contributed by atoms with van der Waals surface area (Å²) in [6.45, 7) is 10.2. The lowest BCUT2D eigenvalue weighted by molar-refractivity contribution is -0.139. The van der Waals surface area contributed by atoms with Gasteiger partial charge in [0, 0.05) is 70.3 Å². The minimum atomic E-state index is -0.527. The fourth-order valence-corrected chi connectivity index (χ4v) is 6.51. The van der Waals surface area contributed by atoms with E-state index in [9.17, 15) is 9.59 Å². The Labute approximate surface area is 275 Å². The van der Waals surface area contributed by atoms with Gasteiger partial charge in [-0.25, -0.2) is 0 Å². The molecule has 0 radical (unpaired) electrons. The highest BCUT2D eigenvalue weighted by Gasteiger charge is 2.30. The molecule has 3 aromatic rings. The Balaban J connectivity index is 1.36. The Morgan fingerprint density at radius 2 is 1.48 bits per heavy atom. The molecule has 1 fully saturated rings. The third-order valence-corrected chi connectivity index (χ3v) is 9.30. The molecule has 1 saturated heterocycles. The third kappa shape index (κ3) is 10.1. The van der Waals surface area contributed by atoms with Crippen LogP contribution in [0, 0.1) is 0 Å². The Hall–Kier alpha value is -3.72. The highest BCUT2D eigenvalue weighted by molar-refractivity contribution is 5.87. The number of ether oxygens (including phenoxy) is 1. The molecule has 8 heteroatoms. The molecular weight excluding hydrogens is 574 g/mol. The summed E-state index contributed by atoms with van der Waals surface area (Å²) in [7, 11) is 1.72. The van der Waals surface area contributed by atoms with E-state index in [1.807, 2.05) is 48.5 Å². The van der Waals surface area contributed by atoms with Crippen LogP contribution in [0.15, 0.2) is 84.9 Å². The zero-order valence-corrected chi connectivity index (χ0v) is 27.9. The number of unbranched alkanes of at least 4 members (excludes halogenated alkanes) is 1. The van der Waals surface area contributed by atoms with Crippen molar-refractivity contribution in [3.63, 3.8) is 0 Å². The van der Waals surface area contributed by atoms with E-state index in [0.29, 0.717) is 32.1 Å². The molecule has 0 aromatic heterocycles. The second-order valence-corrected chi connectivity index (χ2v) is 12.4. The maximum atomic E-state index is 13.9. The van der Waals surface area contributed by atoms with Gasteiger partial charge in [0.05, 0.1) is 7.11 Å². The highest BCUT2D eigenvalue weighted by atomic mass is 16.5. The smallest absolute Gasteiger partial charge is 0.242 e. The van der Waals surface area contributed by atoms with Crippen LogP contribution >= 0.6 is 0 Å². The fraction of sp³-hybridized carbons (Fsp3) is 0.474. The summed E-state index contributed by atoms with van der Waals surface area (Å²) in [4.78, 5) is 33.7. The van der Waals surface area contributed by atoms with Gasteiger partial charge in [-0.3, -0.25) is 19.4 Å². The number of methoxy groups -OCH3 is 1. The highest BCUT2D eigenvalue weighted by Crippen LogP contribution is 2.25. The molecule has 0 bridgehead atoms. The van der Waals surface area contributed by atoms with Crippen LogP contribution in [0.25, 0.3) is 0 Å². The summed E-state index contributed by atoms with van der Waals surface area (Å²) in [5, 5.41) is 3.24. The number of benzene rings is 3. The number of carbonyl (C=O) groups is 2. The second kappa shape index (κ2) is 18.4. The lowest BCUT2D eigenvalue weighted by Crippen LogP contribution is -2.52. The Kier molecular flexibility index (Phi) is 14.1. The zero-order chi connectivity index (χ0) is 32.7. The van der Waals surface area contributed by atoms with Crippen LogP contribution in [0.3, 0.4) is 0 Å².